The Morgan fingerprint density at radius 3 is 2.38 bits per heavy atom. The predicted molar refractivity (Wildman–Crippen MR) is 81.7 cm³/mol. The van der Waals surface area contributed by atoms with Gasteiger partial charge in [0, 0.05) is 10.3 Å². The highest BCUT2D eigenvalue weighted by Crippen LogP contribution is 2.41. The van der Waals surface area contributed by atoms with Gasteiger partial charge < -0.3 is 0 Å². The van der Waals surface area contributed by atoms with Gasteiger partial charge in [0.2, 0.25) is 0 Å². The van der Waals surface area contributed by atoms with Crippen molar-refractivity contribution in [1.82, 2.24) is 4.98 Å². The molecular weight excluding hydrogens is 319 g/mol. The highest BCUT2D eigenvalue weighted by atomic mass is 35.5. The second kappa shape index (κ2) is 5.92. The molecule has 0 amide bonds. The Labute approximate surface area is 132 Å². The Balaban J connectivity index is 2.25. The Bertz CT molecular complexity index is 540. The number of hydrogen-bond donors (Lipinski definition) is 0. The largest absolute Gasteiger partial charge is 0.392 e. The third-order valence-corrected chi connectivity index (χ3v) is 5.23. The minimum absolute atomic E-state index is 0.0550. The van der Waals surface area contributed by atoms with E-state index in [1.54, 1.807) is 6.08 Å². The van der Waals surface area contributed by atoms with Gasteiger partial charge in [0.25, 0.3) is 0 Å². The first-order valence-electron chi connectivity index (χ1n) is 6.95. The predicted octanol–water partition coefficient (Wildman–Crippen LogP) is 5.93. The number of halogens is 4. The van der Waals surface area contributed by atoms with Crippen molar-refractivity contribution in [1.29, 1.82) is 0 Å². The van der Waals surface area contributed by atoms with E-state index in [2.05, 4.69) is 25.8 Å². The third kappa shape index (κ3) is 3.81. The van der Waals surface area contributed by atoms with Gasteiger partial charge in [-0.3, -0.25) is 0 Å². The van der Waals surface area contributed by atoms with Crippen LogP contribution in [0.25, 0.3) is 5.57 Å². The Hall–Kier alpha value is -0.550. The molecule has 0 bridgehead atoms. The fourth-order valence-electron chi connectivity index (χ4n) is 2.49. The summed E-state index contributed by atoms with van der Waals surface area (Å²) < 4.78 is 38.1. The number of rotatable bonds is 2. The summed E-state index contributed by atoms with van der Waals surface area (Å²) in [7, 11) is 0. The van der Waals surface area contributed by atoms with Crippen molar-refractivity contribution >= 4 is 28.5 Å². The van der Waals surface area contributed by atoms with Crippen molar-refractivity contribution in [3.05, 3.63) is 21.7 Å². The first-order chi connectivity index (χ1) is 9.63. The molecule has 1 heterocycles. The SMILES string of the molecule is CC(C)(C)c1nc(C2=CCC(C(F)(F)F)CC2)sc1CCl. The lowest BCUT2D eigenvalue weighted by Crippen LogP contribution is -2.24. The molecule has 0 fully saturated rings. The average molecular weight is 338 g/mol. The number of thiazole rings is 1. The van der Waals surface area contributed by atoms with Gasteiger partial charge >= 0.3 is 6.18 Å². The van der Waals surface area contributed by atoms with E-state index in [0.29, 0.717) is 12.3 Å². The highest BCUT2D eigenvalue weighted by molar-refractivity contribution is 7.13. The molecule has 1 aliphatic rings. The molecule has 1 aromatic heterocycles. The topological polar surface area (TPSA) is 12.9 Å². The zero-order valence-electron chi connectivity index (χ0n) is 12.4. The first-order valence-corrected chi connectivity index (χ1v) is 8.30. The van der Waals surface area contributed by atoms with Crippen LogP contribution in [0.5, 0.6) is 0 Å². The van der Waals surface area contributed by atoms with Gasteiger partial charge in [-0.1, -0.05) is 26.8 Å². The second-order valence-electron chi connectivity index (χ2n) is 6.42. The lowest BCUT2D eigenvalue weighted by atomic mass is 9.89. The standard InChI is InChI=1S/C15H19ClF3NS/c1-14(2,3)12-11(8-16)21-13(20-12)9-4-6-10(7-5-9)15(17,18)19/h4,10H,5-8H2,1-3H3. The highest BCUT2D eigenvalue weighted by Gasteiger charge is 2.40. The van der Waals surface area contributed by atoms with E-state index in [1.807, 2.05) is 0 Å². The van der Waals surface area contributed by atoms with Crippen LogP contribution in [0, 0.1) is 5.92 Å². The van der Waals surface area contributed by atoms with Crippen molar-refractivity contribution < 1.29 is 13.2 Å². The second-order valence-corrected chi connectivity index (χ2v) is 7.77. The van der Waals surface area contributed by atoms with Crippen LogP contribution in [0.1, 0.15) is 55.6 Å². The number of alkyl halides is 4. The molecule has 1 unspecified atom stereocenters. The van der Waals surface area contributed by atoms with Gasteiger partial charge in [0.15, 0.2) is 0 Å². The molecular formula is C15H19ClF3NS. The van der Waals surface area contributed by atoms with Gasteiger partial charge in [0.05, 0.1) is 17.5 Å². The van der Waals surface area contributed by atoms with Crippen molar-refractivity contribution in [2.45, 2.75) is 57.5 Å². The van der Waals surface area contributed by atoms with E-state index in [4.69, 9.17) is 11.6 Å². The van der Waals surface area contributed by atoms with Crippen molar-refractivity contribution in [2.24, 2.45) is 5.92 Å². The number of allylic oxidation sites excluding steroid dienone is 2. The maximum absolute atomic E-state index is 12.7. The summed E-state index contributed by atoms with van der Waals surface area (Å²) in [6.45, 7) is 6.20. The molecule has 1 aromatic rings. The number of aromatic nitrogens is 1. The van der Waals surface area contributed by atoms with E-state index in [1.165, 1.54) is 11.3 Å². The van der Waals surface area contributed by atoms with Crippen molar-refractivity contribution in [2.75, 3.05) is 0 Å². The molecule has 0 spiro atoms. The van der Waals surface area contributed by atoms with Crippen molar-refractivity contribution in [3.63, 3.8) is 0 Å². The van der Waals surface area contributed by atoms with Crippen LogP contribution >= 0.6 is 22.9 Å². The zero-order chi connectivity index (χ0) is 15.8. The molecule has 21 heavy (non-hydrogen) atoms. The summed E-state index contributed by atoms with van der Waals surface area (Å²) in [4.78, 5) is 5.66. The van der Waals surface area contributed by atoms with Crippen molar-refractivity contribution in [3.8, 4) is 0 Å². The smallest absolute Gasteiger partial charge is 0.241 e. The van der Waals surface area contributed by atoms with E-state index < -0.39 is 12.1 Å². The summed E-state index contributed by atoms with van der Waals surface area (Å²) in [6, 6.07) is 0. The molecule has 0 aliphatic heterocycles. The summed E-state index contributed by atoms with van der Waals surface area (Å²) in [5.74, 6) is -0.821. The first kappa shape index (κ1) is 16.8. The van der Waals surface area contributed by atoms with Crippen LogP contribution < -0.4 is 0 Å². The van der Waals surface area contributed by atoms with Gasteiger partial charge in [-0.25, -0.2) is 4.98 Å². The molecule has 0 aromatic carbocycles. The van der Waals surface area contributed by atoms with Crippen LogP contribution in [0.15, 0.2) is 6.08 Å². The molecule has 0 saturated carbocycles. The maximum atomic E-state index is 12.7. The lowest BCUT2D eigenvalue weighted by molar-refractivity contribution is -0.175. The fraction of sp³-hybridized carbons (Fsp3) is 0.667. The van der Waals surface area contributed by atoms with E-state index >= 15 is 0 Å². The van der Waals surface area contributed by atoms with Crippen LogP contribution in [0.2, 0.25) is 0 Å². The summed E-state index contributed by atoms with van der Waals surface area (Å²) >= 11 is 7.48. The van der Waals surface area contributed by atoms with Gasteiger partial charge in [-0.05, 0) is 24.8 Å². The number of nitrogens with zero attached hydrogens (tertiary/aromatic N) is 1. The lowest BCUT2D eigenvalue weighted by Gasteiger charge is -2.23. The van der Waals surface area contributed by atoms with Gasteiger partial charge in [-0.15, -0.1) is 22.9 Å². The molecule has 1 aliphatic carbocycles. The Kier molecular flexibility index (Phi) is 4.74. The van der Waals surface area contributed by atoms with E-state index in [0.717, 1.165) is 21.2 Å². The van der Waals surface area contributed by atoms with E-state index in [9.17, 15) is 13.2 Å². The van der Waals surface area contributed by atoms with Gasteiger partial charge in [0.1, 0.15) is 5.01 Å². The quantitative estimate of drug-likeness (QED) is 0.610. The Morgan fingerprint density at radius 1 is 1.33 bits per heavy atom. The fourth-order valence-corrected chi connectivity index (χ4v) is 3.97. The molecule has 118 valence electrons. The minimum Gasteiger partial charge on any atom is -0.241 e. The summed E-state index contributed by atoms with van der Waals surface area (Å²) in [5.41, 5.74) is 1.78. The molecule has 6 heteroatoms. The average Bonchev–Trinajstić information content (AvgIpc) is 2.82. The Morgan fingerprint density at radius 2 is 2.00 bits per heavy atom. The normalized spacial score (nSPS) is 20.5. The molecule has 2 rings (SSSR count). The van der Waals surface area contributed by atoms with Crippen LogP contribution in [0.4, 0.5) is 13.2 Å². The molecule has 0 saturated heterocycles. The molecule has 1 nitrogen and oxygen atoms in total. The van der Waals surface area contributed by atoms with Crippen LogP contribution in [0.3, 0.4) is 0 Å². The molecule has 0 radical (unpaired) electrons. The maximum Gasteiger partial charge on any atom is 0.392 e. The monoisotopic (exact) mass is 337 g/mol. The third-order valence-electron chi connectivity index (χ3n) is 3.68. The molecule has 0 N–H and O–H groups in total. The zero-order valence-corrected chi connectivity index (χ0v) is 13.9. The minimum atomic E-state index is -4.09. The van der Waals surface area contributed by atoms with Crippen LogP contribution in [-0.2, 0) is 11.3 Å². The molecule has 1 atom stereocenters. The van der Waals surface area contributed by atoms with E-state index in [-0.39, 0.29) is 18.3 Å². The van der Waals surface area contributed by atoms with Gasteiger partial charge in [-0.2, -0.15) is 13.2 Å². The number of hydrogen-bond acceptors (Lipinski definition) is 2. The summed E-state index contributed by atoms with van der Waals surface area (Å²) in [5, 5.41) is 0.830. The summed E-state index contributed by atoms with van der Waals surface area (Å²) in [6.07, 6.45) is -1.76. The van der Waals surface area contributed by atoms with Crippen LogP contribution in [-0.4, -0.2) is 11.2 Å².